The highest BCUT2D eigenvalue weighted by Crippen LogP contribution is 2.18. The van der Waals surface area contributed by atoms with E-state index in [1.165, 1.54) is 0 Å². The third kappa shape index (κ3) is 2.47. The molecule has 0 aliphatic rings. The van der Waals surface area contributed by atoms with Crippen molar-refractivity contribution in [2.24, 2.45) is 13.0 Å². The fourth-order valence-corrected chi connectivity index (χ4v) is 2.17. The molecule has 0 aromatic carbocycles. The summed E-state index contributed by atoms with van der Waals surface area (Å²) >= 11 is 0. The molecule has 3 aromatic rings. The molecule has 0 saturated heterocycles. The molecule has 0 spiro atoms. The summed E-state index contributed by atoms with van der Waals surface area (Å²) in [6.07, 6.45) is 7.12. The normalized spacial score (nSPS) is 12.7. The lowest BCUT2D eigenvalue weighted by molar-refractivity contribution is 0.467. The summed E-state index contributed by atoms with van der Waals surface area (Å²) in [7, 11) is 1.87. The van der Waals surface area contributed by atoms with Gasteiger partial charge in [-0.05, 0) is 12.0 Å². The summed E-state index contributed by atoms with van der Waals surface area (Å²) < 4.78 is 3.68. The molecule has 1 N–H and O–H groups in total. The fourth-order valence-electron chi connectivity index (χ4n) is 2.17. The average molecular weight is 271 g/mol. The van der Waals surface area contributed by atoms with Crippen LogP contribution in [0.25, 0.3) is 11.0 Å². The van der Waals surface area contributed by atoms with E-state index in [1.54, 1.807) is 23.4 Å². The Labute approximate surface area is 116 Å². The molecule has 7 heteroatoms. The molecule has 0 amide bonds. The van der Waals surface area contributed by atoms with Crippen molar-refractivity contribution < 1.29 is 0 Å². The van der Waals surface area contributed by atoms with Gasteiger partial charge in [0.2, 0.25) is 0 Å². The number of anilines is 1. The first kappa shape index (κ1) is 12.6. The first-order chi connectivity index (χ1) is 9.74. The predicted octanol–water partition coefficient (Wildman–Crippen LogP) is 1.31. The molecule has 3 aromatic heterocycles. The van der Waals surface area contributed by atoms with Crippen LogP contribution in [0.3, 0.4) is 0 Å². The lowest BCUT2D eigenvalue weighted by Gasteiger charge is -2.13. The molecule has 20 heavy (non-hydrogen) atoms. The number of nitrogens with zero attached hydrogens (tertiary/aromatic N) is 6. The second kappa shape index (κ2) is 5.28. The van der Waals surface area contributed by atoms with E-state index in [0.717, 1.165) is 29.9 Å². The van der Waals surface area contributed by atoms with E-state index >= 15 is 0 Å². The zero-order valence-corrected chi connectivity index (χ0v) is 11.6. The highest BCUT2D eigenvalue weighted by atomic mass is 15.3. The molecular formula is C13H17N7. The maximum Gasteiger partial charge on any atom is 0.163 e. The molecule has 7 nitrogen and oxygen atoms in total. The van der Waals surface area contributed by atoms with E-state index in [0.29, 0.717) is 5.92 Å². The predicted molar refractivity (Wildman–Crippen MR) is 76.2 cm³/mol. The average Bonchev–Trinajstić information content (AvgIpc) is 3.07. The number of aromatic nitrogens is 6. The number of rotatable bonds is 5. The third-order valence-electron chi connectivity index (χ3n) is 3.21. The summed E-state index contributed by atoms with van der Waals surface area (Å²) in [5.41, 5.74) is 0.835. The standard InChI is InChI=1S/C13H17N7/c1-10(8-20-5-3-4-17-20)6-14-12-11-7-18-19(2)13(11)16-9-15-12/h3-5,7,9-10H,6,8H2,1-2H3,(H,14,15,16)/t10-/m1/s1. The van der Waals surface area contributed by atoms with Gasteiger partial charge in [-0.15, -0.1) is 0 Å². The van der Waals surface area contributed by atoms with Crippen LogP contribution in [0.5, 0.6) is 0 Å². The van der Waals surface area contributed by atoms with Gasteiger partial charge < -0.3 is 5.32 Å². The molecule has 1 atom stereocenters. The second-order valence-electron chi connectivity index (χ2n) is 4.94. The summed E-state index contributed by atoms with van der Waals surface area (Å²) in [5.74, 6) is 1.27. The molecule has 0 aliphatic carbocycles. The van der Waals surface area contributed by atoms with Gasteiger partial charge in [0.05, 0.1) is 11.6 Å². The molecule has 0 unspecified atom stereocenters. The number of aryl methyl sites for hydroxylation is 1. The van der Waals surface area contributed by atoms with Gasteiger partial charge in [0.15, 0.2) is 5.65 Å². The molecule has 0 bridgehead atoms. The minimum atomic E-state index is 0.441. The van der Waals surface area contributed by atoms with E-state index < -0.39 is 0 Å². The van der Waals surface area contributed by atoms with E-state index in [4.69, 9.17) is 0 Å². The van der Waals surface area contributed by atoms with Gasteiger partial charge in [-0.25, -0.2) is 9.97 Å². The minimum absolute atomic E-state index is 0.441. The maximum atomic E-state index is 4.29. The van der Waals surface area contributed by atoms with Crippen LogP contribution in [0.4, 0.5) is 5.82 Å². The van der Waals surface area contributed by atoms with Crippen molar-refractivity contribution in [2.75, 3.05) is 11.9 Å². The first-order valence-electron chi connectivity index (χ1n) is 6.58. The van der Waals surface area contributed by atoms with E-state index in [1.807, 2.05) is 24.0 Å². The van der Waals surface area contributed by atoms with Gasteiger partial charge in [0.25, 0.3) is 0 Å². The largest absolute Gasteiger partial charge is 0.369 e. The molecule has 3 rings (SSSR count). The maximum absolute atomic E-state index is 4.29. The van der Waals surface area contributed by atoms with Crippen LogP contribution in [0, 0.1) is 5.92 Å². The van der Waals surface area contributed by atoms with E-state index in [9.17, 15) is 0 Å². The fraction of sp³-hybridized carbons (Fsp3) is 0.385. The van der Waals surface area contributed by atoms with Gasteiger partial charge >= 0.3 is 0 Å². The summed E-state index contributed by atoms with van der Waals surface area (Å²) in [6.45, 7) is 3.87. The van der Waals surface area contributed by atoms with Crippen LogP contribution in [0.1, 0.15) is 6.92 Å². The minimum Gasteiger partial charge on any atom is -0.369 e. The SMILES string of the molecule is C[C@H](CNc1ncnc2c1cnn2C)Cn1cccn1. The molecule has 3 heterocycles. The van der Waals surface area contributed by atoms with Gasteiger partial charge in [-0.2, -0.15) is 10.2 Å². The summed E-state index contributed by atoms with van der Waals surface area (Å²) in [5, 5.41) is 12.7. The van der Waals surface area contributed by atoms with E-state index in [-0.39, 0.29) is 0 Å². The van der Waals surface area contributed by atoms with Crippen LogP contribution < -0.4 is 5.32 Å². The van der Waals surface area contributed by atoms with Crippen molar-refractivity contribution in [2.45, 2.75) is 13.5 Å². The lowest BCUT2D eigenvalue weighted by atomic mass is 10.2. The van der Waals surface area contributed by atoms with Crippen LogP contribution in [0.2, 0.25) is 0 Å². The van der Waals surface area contributed by atoms with Crippen molar-refractivity contribution in [1.29, 1.82) is 0 Å². The van der Waals surface area contributed by atoms with Crippen molar-refractivity contribution >= 4 is 16.9 Å². The van der Waals surface area contributed by atoms with Crippen LogP contribution in [-0.4, -0.2) is 36.1 Å². The Kier molecular flexibility index (Phi) is 3.32. The Morgan fingerprint density at radius 2 is 2.20 bits per heavy atom. The monoisotopic (exact) mass is 271 g/mol. The summed E-state index contributed by atoms with van der Waals surface area (Å²) in [4.78, 5) is 8.52. The number of nitrogens with one attached hydrogen (secondary N) is 1. The highest BCUT2D eigenvalue weighted by Gasteiger charge is 2.09. The Morgan fingerprint density at radius 1 is 1.30 bits per heavy atom. The zero-order chi connectivity index (χ0) is 13.9. The Bertz CT molecular complexity index is 686. The smallest absolute Gasteiger partial charge is 0.163 e. The van der Waals surface area contributed by atoms with Crippen LogP contribution >= 0.6 is 0 Å². The Hall–Kier alpha value is -2.44. The number of fused-ring (bicyclic) bond motifs is 1. The highest BCUT2D eigenvalue weighted by molar-refractivity contribution is 5.85. The first-order valence-corrected chi connectivity index (χ1v) is 6.58. The van der Waals surface area contributed by atoms with Gasteiger partial charge in [0.1, 0.15) is 12.1 Å². The van der Waals surface area contributed by atoms with E-state index in [2.05, 4.69) is 32.4 Å². The third-order valence-corrected chi connectivity index (χ3v) is 3.21. The van der Waals surface area contributed by atoms with Crippen LogP contribution in [-0.2, 0) is 13.6 Å². The van der Waals surface area contributed by atoms with Crippen molar-refractivity contribution in [3.05, 3.63) is 31.0 Å². The molecule has 0 radical (unpaired) electrons. The molecule has 104 valence electrons. The molecule has 0 saturated carbocycles. The van der Waals surface area contributed by atoms with Gasteiger partial charge in [-0.1, -0.05) is 6.92 Å². The Morgan fingerprint density at radius 3 is 3.00 bits per heavy atom. The van der Waals surface area contributed by atoms with Gasteiger partial charge in [0, 0.05) is 32.5 Å². The Balaban J connectivity index is 1.67. The zero-order valence-electron chi connectivity index (χ0n) is 11.6. The number of hydrogen-bond donors (Lipinski definition) is 1. The second-order valence-corrected chi connectivity index (χ2v) is 4.94. The molecule has 0 aliphatic heterocycles. The lowest BCUT2D eigenvalue weighted by Crippen LogP contribution is -2.18. The molecular weight excluding hydrogens is 254 g/mol. The van der Waals surface area contributed by atoms with Crippen molar-refractivity contribution in [3.63, 3.8) is 0 Å². The quantitative estimate of drug-likeness (QED) is 0.757. The summed E-state index contributed by atoms with van der Waals surface area (Å²) in [6, 6.07) is 1.93. The number of hydrogen-bond acceptors (Lipinski definition) is 5. The van der Waals surface area contributed by atoms with Crippen molar-refractivity contribution in [3.8, 4) is 0 Å². The molecule has 0 fully saturated rings. The van der Waals surface area contributed by atoms with Crippen LogP contribution in [0.15, 0.2) is 31.0 Å². The van der Waals surface area contributed by atoms with Gasteiger partial charge in [-0.3, -0.25) is 9.36 Å². The topological polar surface area (TPSA) is 73.5 Å². The van der Waals surface area contributed by atoms with Crippen molar-refractivity contribution in [1.82, 2.24) is 29.5 Å².